The van der Waals surface area contributed by atoms with Crippen molar-refractivity contribution in [2.45, 2.75) is 0 Å². The van der Waals surface area contributed by atoms with E-state index < -0.39 is 60.3 Å². The lowest BCUT2D eigenvalue weighted by Crippen LogP contribution is -2.10. The van der Waals surface area contributed by atoms with Crippen LogP contribution in [0.4, 0.5) is 0 Å². The second kappa shape index (κ2) is 21.3. The zero-order valence-corrected chi connectivity index (χ0v) is 50.3. The van der Waals surface area contributed by atoms with Gasteiger partial charge in [-0.1, -0.05) is 231 Å². The first kappa shape index (κ1) is 49.9. The fourth-order valence-electron chi connectivity index (χ4n) is 10.2. The molecule has 378 valence electrons. The van der Waals surface area contributed by atoms with Crippen molar-refractivity contribution in [2.75, 3.05) is 0 Å². The summed E-state index contributed by atoms with van der Waals surface area (Å²) in [5.74, 6) is 1.26. The molecule has 2 aliphatic heterocycles. The van der Waals surface area contributed by atoms with Crippen molar-refractivity contribution in [1.29, 1.82) is 0 Å². The minimum absolute atomic E-state index is 0.616. The topological polar surface area (TPSA) is 80.7 Å². The predicted molar refractivity (Wildman–Crippen MR) is 368 cm³/mol. The summed E-state index contributed by atoms with van der Waals surface area (Å²) in [6.07, 6.45) is 6.61. The normalized spacial score (nSPS) is 14.0. The second-order valence-electron chi connectivity index (χ2n) is 18.7. The fraction of sp³-hybridized carbons (Fsp3) is 0. The number of hydrogen-bond acceptors (Lipinski definition) is 7. The number of aromatic nitrogens is 4. The van der Waals surface area contributed by atoms with Crippen molar-refractivity contribution in [3.8, 4) is 39.6 Å². The maximum absolute atomic E-state index is 5.57. The molecule has 0 N–H and O–H groups in total. The lowest BCUT2D eigenvalue weighted by atomic mass is 9.99. The molecule has 0 saturated heterocycles. The summed E-state index contributed by atoms with van der Waals surface area (Å²) in [4.78, 5) is 31.3. The van der Waals surface area contributed by atoms with Gasteiger partial charge in [0.05, 0.1) is 26.1 Å². The monoisotopic (exact) mass is 1390 g/mol. The van der Waals surface area contributed by atoms with Crippen molar-refractivity contribution >= 4 is 163 Å². The van der Waals surface area contributed by atoms with E-state index in [4.69, 9.17) is 34.4 Å². The van der Waals surface area contributed by atoms with Crippen LogP contribution < -0.4 is 0 Å². The van der Waals surface area contributed by atoms with E-state index in [1.807, 2.05) is 41.7 Å². The van der Waals surface area contributed by atoms with E-state index in [9.17, 15) is 0 Å². The summed E-state index contributed by atoms with van der Waals surface area (Å²) in [5.41, 5.74) is 14.2. The van der Waals surface area contributed by atoms with Gasteiger partial charge in [-0.2, -0.15) is 0 Å². The molecule has 0 unspecified atom stereocenters. The van der Waals surface area contributed by atoms with Crippen LogP contribution in [0.2, 0.25) is 0 Å². The van der Waals surface area contributed by atoms with E-state index >= 15 is 0 Å². The van der Waals surface area contributed by atoms with E-state index in [1.165, 1.54) is 29.2 Å². The number of hydrogen-bond donors (Lipinski definition) is 0. The third-order valence-electron chi connectivity index (χ3n) is 14.0. The summed E-state index contributed by atoms with van der Waals surface area (Å²) in [6.45, 7) is 0. The molecule has 7 nitrogen and oxygen atoms in total. The highest BCUT2D eigenvalue weighted by atomic mass is 127. The molecule has 0 fully saturated rings. The number of fused-ring (bicyclic) bond motifs is 6. The Balaban J connectivity index is 1.05. The Morgan fingerprint density at radius 1 is 0.494 bits per heavy atom. The van der Waals surface area contributed by atoms with E-state index in [0.717, 1.165) is 101 Å². The van der Waals surface area contributed by atoms with Gasteiger partial charge in [0.1, 0.15) is 7.35 Å². The summed E-state index contributed by atoms with van der Waals surface area (Å²) in [7, 11) is 0.748. The van der Waals surface area contributed by atoms with Crippen LogP contribution in [0.15, 0.2) is 239 Å². The van der Waals surface area contributed by atoms with Gasteiger partial charge in [-0.05, 0) is 94.2 Å². The number of rotatable bonds is 11. The SMILES string of the molecule is C=PC1=NC(c2cc(-c3ccc4sc5ccccc5c4c3)ccc2-n2c3cc(C4=CC(c5ccccc5)=I(=C)C(c5ccccc5)=N4)ccc3c3ccc(-c4nc(I=C)nc(-c5ccccc5)n4)cc32)=IC(c2ccccc2)=N1. The molecule has 0 spiro atoms. The Hall–Kier alpha value is -7.40. The first-order valence-electron chi connectivity index (χ1n) is 25.3. The third kappa shape index (κ3) is 9.44. The molecule has 9 aromatic carbocycles. The van der Waals surface area contributed by atoms with Crippen LogP contribution in [0.3, 0.4) is 0 Å². The van der Waals surface area contributed by atoms with Crippen molar-refractivity contribution in [2.24, 2.45) is 15.0 Å². The van der Waals surface area contributed by atoms with E-state index in [0.29, 0.717) is 17.2 Å². The first-order valence-corrected chi connectivity index (χ1v) is 35.6. The Labute approximate surface area is 488 Å². The quantitative estimate of drug-likeness (QED) is 0.0956. The molecule has 0 bridgehead atoms. The highest BCUT2D eigenvalue weighted by molar-refractivity contribution is 14.2. The van der Waals surface area contributed by atoms with Crippen molar-refractivity contribution in [1.82, 2.24) is 19.5 Å². The van der Waals surface area contributed by atoms with Crippen LogP contribution in [-0.4, -0.2) is 55.0 Å². The number of benzene rings is 9. The molecule has 5 heterocycles. The second-order valence-corrected chi connectivity index (χ2v) is 29.0. The number of allylic oxidation sites excluding steroid dienone is 1. The Morgan fingerprint density at radius 2 is 1.08 bits per heavy atom. The average Bonchev–Trinajstić information content (AvgIpc) is 4.14. The molecule has 0 amide bonds. The van der Waals surface area contributed by atoms with Crippen LogP contribution >= 0.6 is 79.9 Å². The molecule has 14 rings (SSSR count). The molecule has 0 aliphatic carbocycles. The number of halogens is 3. The van der Waals surface area contributed by atoms with E-state index in [-0.39, 0.29) is 0 Å². The van der Waals surface area contributed by atoms with Gasteiger partial charge in [0.15, 0.2) is 21.1 Å². The number of amidine groups is 1. The van der Waals surface area contributed by atoms with Crippen molar-refractivity contribution in [3.05, 3.63) is 256 Å². The lowest BCUT2D eigenvalue weighted by Gasteiger charge is -2.19. The molecule has 79 heavy (non-hydrogen) atoms. The largest absolute Gasteiger partial charge is 0.308 e. The standard InChI is InChI=1S/C67H43I3N7PS/c1-68-66-75-64(44-24-14-7-15-25-44)74-65(76-66)48-29-33-50-49-32-28-47(55-40-54(41-18-8-4-9-19-41)70(2)63(71-55)43-22-12-6-13-23-43)38-57(49)77(58(50)39-48)56-34-30-45(46-31-35-60-52(36-46)51-26-16-17-27-59(51)79-60)37-53(56)62-69-61(72-67(73-62)78-3)42-20-10-5-11-21-42/h4-40H,1-3H2. The summed E-state index contributed by atoms with van der Waals surface area (Å²) in [6, 6.07) is 78.0. The maximum atomic E-state index is 5.57. The molecular weight excluding hydrogens is 1350 g/mol. The van der Waals surface area contributed by atoms with Gasteiger partial charge < -0.3 is 4.57 Å². The summed E-state index contributed by atoms with van der Waals surface area (Å²) >= 11 is -1.94. The van der Waals surface area contributed by atoms with Crippen LogP contribution in [0, 0.1) is 3.83 Å². The third-order valence-corrected chi connectivity index (χ3v) is 23.9. The summed E-state index contributed by atoms with van der Waals surface area (Å²) in [5, 5.41) is 4.73. The predicted octanol–water partition coefficient (Wildman–Crippen LogP) is 17.5. The van der Waals surface area contributed by atoms with Gasteiger partial charge in [-0.15, -0.1) is 11.3 Å². The van der Waals surface area contributed by atoms with E-state index in [1.54, 1.807) is 0 Å². The van der Waals surface area contributed by atoms with Crippen molar-refractivity contribution in [3.63, 3.8) is 0 Å². The van der Waals surface area contributed by atoms with Crippen LogP contribution in [0.25, 0.3) is 87.3 Å². The molecule has 0 atom stereocenters. The van der Waals surface area contributed by atoms with Crippen LogP contribution in [0.5, 0.6) is 0 Å². The minimum Gasteiger partial charge on any atom is -0.308 e. The highest BCUT2D eigenvalue weighted by Crippen LogP contribution is 2.42. The molecule has 12 heteroatoms. The Bertz CT molecular complexity index is 4770. The summed E-state index contributed by atoms with van der Waals surface area (Å²) < 4.78 is 19.4. The zero-order chi connectivity index (χ0) is 53.0. The first-order chi connectivity index (χ1) is 38.9. The molecule has 0 saturated carbocycles. The van der Waals surface area contributed by atoms with Gasteiger partial charge >= 0.3 is 0 Å². The zero-order valence-electron chi connectivity index (χ0n) is 42.1. The smallest absolute Gasteiger partial charge is 0.188 e. The maximum Gasteiger partial charge on any atom is 0.188 e. The highest BCUT2D eigenvalue weighted by Gasteiger charge is 2.24. The molecule has 3 aromatic heterocycles. The fourth-order valence-corrected chi connectivity index (χ4v) is 19.4. The van der Waals surface area contributed by atoms with Crippen LogP contribution in [-0.2, 0) is 0 Å². The molecule has 0 radical (unpaired) electrons. The molecular formula is C67H43I3N7PS. The Kier molecular flexibility index (Phi) is 13.5. The minimum atomic E-state index is -2.19. The van der Waals surface area contributed by atoms with Crippen LogP contribution in [0.1, 0.15) is 27.8 Å². The van der Waals surface area contributed by atoms with Crippen molar-refractivity contribution < 1.29 is 0 Å². The lowest BCUT2D eigenvalue weighted by molar-refractivity contribution is 1.02. The van der Waals surface area contributed by atoms with Gasteiger partial charge in [-0.25, -0.2) is 29.9 Å². The number of aliphatic imine (C=N–C) groups is 3. The van der Waals surface area contributed by atoms with Gasteiger partial charge in [0, 0.05) is 67.8 Å². The molecule has 2 aliphatic rings. The number of nitrogens with zero attached hydrogens (tertiary/aromatic N) is 7. The van der Waals surface area contributed by atoms with Gasteiger partial charge in [0.25, 0.3) is 0 Å². The molecule has 12 aromatic rings. The average molecular weight is 1390 g/mol. The van der Waals surface area contributed by atoms with E-state index in [2.05, 4.69) is 210 Å². The Morgan fingerprint density at radius 3 is 1.78 bits per heavy atom. The van der Waals surface area contributed by atoms with Gasteiger partial charge in [-0.3, -0.25) is 0 Å². The number of thiophene rings is 1. The van der Waals surface area contributed by atoms with Gasteiger partial charge in [0.2, 0.25) is 0 Å².